The van der Waals surface area contributed by atoms with Gasteiger partial charge in [-0.15, -0.1) is 0 Å². The fourth-order valence-corrected chi connectivity index (χ4v) is 24.2. The molecule has 8 aliphatic rings. The van der Waals surface area contributed by atoms with E-state index < -0.39 is 67.8 Å². The summed E-state index contributed by atoms with van der Waals surface area (Å²) in [7, 11) is -4.09. The standard InChI is InChI=1S/C29H50O5Si.C28H48O6Si/c1-11-35(12-2,13-3)34-22-14-21-27(9,16-33-21)24-19(6)29(32)15-20(30)17(4)23(26(29,7)8)18(5)25(31)28(22,24)10;1-10-35(11-2,12-3)34-20-13-19-26(8,15-33-19)23-17(5)28(32)14-18(29)16(4)21(25(28,6)7)22(30)24(31)27(20,23)9/h18-22,24,30,32H,11-16H2,1-10H3;17-20,22-23,29-30,32H,10-15H2,1-9H3/t18-,19+,20+,21-,22+,24?,27-,28-,29-;17-,18-,19+,20-,22+,23?,26+,27+,28+/m10/s1. The molecule has 70 heavy (non-hydrogen) atoms. The number of carbonyl (C=O) groups excluding carboxylic acids is 2. The van der Waals surface area contributed by atoms with E-state index in [4.69, 9.17) is 18.3 Å². The minimum absolute atomic E-state index is 0.0322. The van der Waals surface area contributed by atoms with Crippen LogP contribution in [0.1, 0.15) is 157 Å². The number of aliphatic hydroxyl groups excluding tert-OH is 3. The molecule has 0 amide bonds. The second-order valence-electron chi connectivity index (χ2n) is 26.5. The lowest BCUT2D eigenvalue weighted by molar-refractivity contribution is -0.300. The second-order valence-corrected chi connectivity index (χ2v) is 35.9. The van der Waals surface area contributed by atoms with E-state index in [1.807, 2.05) is 41.5 Å². The van der Waals surface area contributed by atoms with Crippen LogP contribution in [-0.4, -0.2) is 121 Å². The highest BCUT2D eigenvalue weighted by molar-refractivity contribution is 6.74. The van der Waals surface area contributed by atoms with E-state index >= 15 is 0 Å². The molecule has 5 N–H and O–H groups in total. The summed E-state index contributed by atoms with van der Waals surface area (Å²) in [6.45, 7) is 40.9. The minimum atomic E-state index is -2.09. The number of hydrogen-bond donors (Lipinski definition) is 5. The van der Waals surface area contributed by atoms with Gasteiger partial charge in [0, 0.05) is 53.3 Å². The molecule has 0 spiro atoms. The third-order valence-corrected chi connectivity index (χ3v) is 32.8. The molecule has 8 rings (SSSR count). The molecule has 0 radical (unpaired) electrons. The summed E-state index contributed by atoms with van der Waals surface area (Å²) in [5, 5.41) is 58.9. The molecule has 2 aliphatic heterocycles. The van der Waals surface area contributed by atoms with Crippen molar-refractivity contribution in [2.45, 2.75) is 247 Å². The SMILES string of the molecule is CC[Si](CC)(CC)O[C@H]1C[C@H]2OC[C@@]2(C)C2[C@H](C)[C@]3(O)C[C@H](O)C(C)=C([C@@H](C)C(=O)[C@@]21C)C3(C)C.CC[Si](CC)(CC)O[C@H]1C[C@H]2OC[C@@]2(C)C2[C@H](C)[C@]3(O)C[C@H](O)C(C)=C([C@@H](O)C(=O)[C@@]21C)C3(C)C. The Balaban J connectivity index is 0.000000206. The van der Waals surface area contributed by atoms with Crippen molar-refractivity contribution in [2.24, 2.45) is 62.1 Å². The minimum Gasteiger partial charge on any atom is -0.413 e. The molecule has 0 aromatic heterocycles. The highest BCUT2D eigenvalue weighted by atomic mass is 28.4. The summed E-state index contributed by atoms with van der Waals surface area (Å²) < 4.78 is 26.6. The van der Waals surface area contributed by atoms with Gasteiger partial charge in [-0.1, -0.05) is 104 Å². The van der Waals surface area contributed by atoms with Crippen LogP contribution in [0.15, 0.2) is 22.3 Å². The first-order valence-electron chi connectivity index (χ1n) is 27.8. The van der Waals surface area contributed by atoms with Crippen molar-refractivity contribution in [3.05, 3.63) is 22.3 Å². The Morgan fingerprint density at radius 3 is 1.21 bits per heavy atom. The number of aliphatic hydroxyl groups is 5. The molecule has 6 fully saturated rings. The molecule has 400 valence electrons. The summed E-state index contributed by atoms with van der Waals surface area (Å²) >= 11 is 0. The van der Waals surface area contributed by atoms with Gasteiger partial charge in [-0.05, 0) is 110 Å². The van der Waals surface area contributed by atoms with Crippen LogP contribution in [0.25, 0.3) is 0 Å². The van der Waals surface area contributed by atoms with Crippen LogP contribution in [0.4, 0.5) is 0 Å². The lowest BCUT2D eigenvalue weighted by Crippen LogP contribution is -2.75. The number of Topliss-reactive ketones (excluding diaryl/α,β-unsaturated/α-hetero) is 2. The van der Waals surface area contributed by atoms with Crippen molar-refractivity contribution < 1.29 is 53.4 Å². The predicted molar refractivity (Wildman–Crippen MR) is 280 cm³/mol. The number of fused-ring (bicyclic) bond motifs is 10. The summed E-state index contributed by atoms with van der Waals surface area (Å²) in [6, 6.07) is 6.02. The molecule has 0 aromatic carbocycles. The van der Waals surface area contributed by atoms with Gasteiger partial charge in [-0.2, -0.15) is 0 Å². The Morgan fingerprint density at radius 2 is 0.886 bits per heavy atom. The van der Waals surface area contributed by atoms with Crippen molar-refractivity contribution >= 4 is 28.2 Å². The zero-order valence-electron chi connectivity index (χ0n) is 47.1. The van der Waals surface area contributed by atoms with E-state index in [0.717, 1.165) is 53.8 Å². The van der Waals surface area contributed by atoms with E-state index in [1.165, 1.54) is 0 Å². The molecular weight excluding hydrogens is 917 g/mol. The fourth-order valence-electron chi connectivity index (χ4n) is 18.3. The first-order valence-corrected chi connectivity index (χ1v) is 32.9. The van der Waals surface area contributed by atoms with Crippen molar-refractivity contribution in [2.75, 3.05) is 13.2 Å². The van der Waals surface area contributed by atoms with E-state index in [-0.39, 0.29) is 82.8 Å². The Morgan fingerprint density at radius 1 is 0.557 bits per heavy atom. The Bertz CT molecular complexity index is 1950. The molecular formula is C57H98O11Si2. The van der Waals surface area contributed by atoms with Crippen molar-refractivity contribution in [3.63, 3.8) is 0 Å². The van der Waals surface area contributed by atoms with Gasteiger partial charge in [0.05, 0.1) is 71.9 Å². The maximum atomic E-state index is 14.8. The monoisotopic (exact) mass is 1010 g/mol. The largest absolute Gasteiger partial charge is 0.413 e. The topological polar surface area (TPSA) is 172 Å². The molecule has 0 aromatic rings. The average molecular weight is 1020 g/mol. The Hall–Kier alpha value is -1.11. The highest BCUT2D eigenvalue weighted by Gasteiger charge is 2.75. The van der Waals surface area contributed by atoms with Gasteiger partial charge in [-0.3, -0.25) is 9.59 Å². The van der Waals surface area contributed by atoms with Gasteiger partial charge in [0.2, 0.25) is 0 Å². The number of ketones is 2. The maximum Gasteiger partial charge on any atom is 0.192 e. The van der Waals surface area contributed by atoms with Crippen LogP contribution in [0, 0.1) is 62.1 Å². The number of rotatable bonds is 10. The average Bonchev–Trinajstić information content (AvgIpc) is 3.30. The summed E-state index contributed by atoms with van der Waals surface area (Å²) in [5.41, 5.74) is -3.28. The highest BCUT2D eigenvalue weighted by Crippen LogP contribution is 2.70. The quantitative estimate of drug-likeness (QED) is 0.104. The maximum absolute atomic E-state index is 14.8. The molecule has 2 saturated heterocycles. The summed E-state index contributed by atoms with van der Waals surface area (Å²) in [4.78, 5) is 29.4. The van der Waals surface area contributed by atoms with Crippen LogP contribution in [0.5, 0.6) is 0 Å². The van der Waals surface area contributed by atoms with Crippen LogP contribution < -0.4 is 0 Å². The van der Waals surface area contributed by atoms with Gasteiger partial charge in [-0.25, -0.2) is 0 Å². The molecule has 4 bridgehead atoms. The lowest BCUT2D eigenvalue weighted by Gasteiger charge is -2.69. The van der Waals surface area contributed by atoms with Crippen LogP contribution in [0.3, 0.4) is 0 Å². The zero-order chi connectivity index (χ0) is 52.7. The van der Waals surface area contributed by atoms with Crippen molar-refractivity contribution in [1.82, 2.24) is 0 Å². The van der Waals surface area contributed by atoms with E-state index in [0.29, 0.717) is 37.2 Å². The number of ether oxygens (including phenoxy) is 2. The summed E-state index contributed by atoms with van der Waals surface area (Å²) in [6.07, 6.45) is -1.77. The molecule has 18 atom stereocenters. The molecule has 2 heterocycles. The van der Waals surface area contributed by atoms with Gasteiger partial charge in [0.25, 0.3) is 0 Å². The van der Waals surface area contributed by atoms with E-state index in [2.05, 4.69) is 83.1 Å². The second kappa shape index (κ2) is 18.3. The lowest BCUT2D eigenvalue weighted by atomic mass is 9.40. The van der Waals surface area contributed by atoms with Crippen molar-refractivity contribution in [3.8, 4) is 0 Å². The fraction of sp³-hybridized carbons (Fsp3) is 0.895. The van der Waals surface area contributed by atoms with E-state index in [9.17, 15) is 35.1 Å². The smallest absolute Gasteiger partial charge is 0.192 e. The van der Waals surface area contributed by atoms with Gasteiger partial charge in [0.1, 0.15) is 11.9 Å². The molecule has 13 heteroatoms. The Labute approximate surface area is 425 Å². The van der Waals surface area contributed by atoms with Gasteiger partial charge in [0.15, 0.2) is 22.4 Å². The summed E-state index contributed by atoms with van der Waals surface area (Å²) in [5.74, 6) is -1.29. The molecule has 4 saturated carbocycles. The number of carbonyl (C=O) groups is 2. The van der Waals surface area contributed by atoms with Crippen LogP contribution in [0.2, 0.25) is 36.3 Å². The molecule has 2 unspecified atom stereocenters. The van der Waals surface area contributed by atoms with Crippen LogP contribution in [-0.2, 0) is 27.9 Å². The number of hydrogen-bond acceptors (Lipinski definition) is 11. The zero-order valence-corrected chi connectivity index (χ0v) is 49.1. The molecule has 11 nitrogen and oxygen atoms in total. The Kier molecular flexibility index (Phi) is 14.8. The van der Waals surface area contributed by atoms with E-state index in [1.54, 1.807) is 6.92 Å². The van der Waals surface area contributed by atoms with Gasteiger partial charge < -0.3 is 43.9 Å². The van der Waals surface area contributed by atoms with Crippen LogP contribution >= 0.6 is 0 Å². The van der Waals surface area contributed by atoms with Gasteiger partial charge >= 0.3 is 0 Å². The third kappa shape index (κ3) is 7.34. The third-order valence-electron chi connectivity index (χ3n) is 23.5. The first kappa shape index (κ1) is 56.6. The van der Waals surface area contributed by atoms with Crippen molar-refractivity contribution in [1.29, 1.82) is 0 Å². The molecule has 6 aliphatic carbocycles. The first-order chi connectivity index (χ1) is 32.2. The predicted octanol–water partition coefficient (Wildman–Crippen LogP) is 9.73. The normalized spacial score (nSPS) is 47.4.